The van der Waals surface area contributed by atoms with Gasteiger partial charge in [-0.1, -0.05) is 58.5 Å². The summed E-state index contributed by atoms with van der Waals surface area (Å²) >= 11 is 25.0. The highest BCUT2D eigenvalue weighted by atomic mass is 35.5. The molecule has 0 bridgehead atoms. The Morgan fingerprint density at radius 1 is 0.917 bits per heavy atom. The van der Waals surface area contributed by atoms with Crippen molar-refractivity contribution in [3.63, 3.8) is 0 Å². The number of hydrogen-bond acceptors (Lipinski definition) is 6. The smallest absolute Gasteiger partial charge is 0.300 e. The third-order valence-electron chi connectivity index (χ3n) is 5.61. The number of rotatable bonds is 5. The van der Waals surface area contributed by atoms with Crippen LogP contribution in [0.3, 0.4) is 0 Å². The van der Waals surface area contributed by atoms with Gasteiger partial charge in [-0.15, -0.1) is 0 Å². The number of aliphatic hydroxyl groups is 1. The van der Waals surface area contributed by atoms with E-state index in [4.69, 9.17) is 55.9 Å². The molecule has 0 saturated carbocycles. The lowest BCUT2D eigenvalue weighted by Gasteiger charge is -2.26. The summed E-state index contributed by atoms with van der Waals surface area (Å²) in [5.74, 6) is -2.60. The molecule has 0 aliphatic carbocycles. The van der Waals surface area contributed by atoms with Crippen molar-refractivity contribution in [2.24, 2.45) is 0 Å². The third-order valence-corrected chi connectivity index (χ3v) is 6.77. The predicted octanol–water partition coefficient (Wildman–Crippen LogP) is 6.65. The molecular formula is C25H17Cl4NO6. The van der Waals surface area contributed by atoms with Crippen LogP contribution in [0, 0.1) is 0 Å². The van der Waals surface area contributed by atoms with Crippen LogP contribution < -0.4 is 14.4 Å². The Balaban J connectivity index is 2.04. The van der Waals surface area contributed by atoms with E-state index in [0.717, 1.165) is 0 Å². The van der Waals surface area contributed by atoms with Crippen LogP contribution in [0.25, 0.3) is 5.76 Å². The summed E-state index contributed by atoms with van der Waals surface area (Å²) in [4.78, 5) is 27.8. The van der Waals surface area contributed by atoms with Crippen molar-refractivity contribution in [3.05, 3.63) is 85.3 Å². The first kappa shape index (κ1) is 26.0. The maximum Gasteiger partial charge on any atom is 0.300 e. The van der Waals surface area contributed by atoms with Gasteiger partial charge in [0.05, 0.1) is 41.4 Å². The number of ether oxygens (including phenoxy) is 2. The largest absolute Gasteiger partial charge is 0.507 e. The fourth-order valence-corrected chi connectivity index (χ4v) is 5.09. The first-order valence-electron chi connectivity index (χ1n) is 10.3. The van der Waals surface area contributed by atoms with Gasteiger partial charge in [0, 0.05) is 10.7 Å². The Labute approximate surface area is 226 Å². The Morgan fingerprint density at radius 3 is 2.22 bits per heavy atom. The Morgan fingerprint density at radius 2 is 1.61 bits per heavy atom. The molecule has 0 radical (unpaired) electrons. The van der Waals surface area contributed by atoms with Crippen molar-refractivity contribution in [1.82, 2.24) is 0 Å². The summed E-state index contributed by atoms with van der Waals surface area (Å²) in [5.41, 5.74) is 0.323. The lowest BCUT2D eigenvalue weighted by molar-refractivity contribution is -0.132. The van der Waals surface area contributed by atoms with E-state index in [-0.39, 0.29) is 43.5 Å². The number of phenols is 1. The van der Waals surface area contributed by atoms with Crippen molar-refractivity contribution >= 4 is 69.5 Å². The highest BCUT2D eigenvalue weighted by Crippen LogP contribution is 2.48. The Hall–Kier alpha value is -3.10. The fraction of sp³-hybridized carbons (Fsp3) is 0.120. The van der Waals surface area contributed by atoms with E-state index in [1.807, 2.05) is 0 Å². The average molecular weight is 569 g/mol. The van der Waals surface area contributed by atoms with Gasteiger partial charge in [0.2, 0.25) is 0 Å². The van der Waals surface area contributed by atoms with Crippen LogP contribution in [0.5, 0.6) is 17.2 Å². The normalized spacial score (nSPS) is 16.9. The van der Waals surface area contributed by atoms with E-state index in [9.17, 15) is 19.8 Å². The summed E-state index contributed by atoms with van der Waals surface area (Å²) in [6.07, 6.45) is 0. The molecule has 1 unspecified atom stereocenters. The van der Waals surface area contributed by atoms with Gasteiger partial charge in [-0.05, 0) is 42.0 Å². The molecule has 1 aliphatic rings. The van der Waals surface area contributed by atoms with Gasteiger partial charge < -0.3 is 19.7 Å². The number of carbonyl (C=O) groups excluding carboxylic acids is 2. The van der Waals surface area contributed by atoms with Crippen LogP contribution in [-0.4, -0.2) is 36.1 Å². The molecule has 1 fully saturated rings. The molecule has 0 spiro atoms. The molecular weight excluding hydrogens is 552 g/mol. The summed E-state index contributed by atoms with van der Waals surface area (Å²) in [6.45, 7) is 0. The zero-order valence-corrected chi connectivity index (χ0v) is 21.7. The standard InChI is InChI=1S/C25H17Cl4NO6/c1-35-23-14(10-16(28)24(36-2)19(23)29)21(32)18-20(11-6-7-17(31)15(27)8-11)30(25(34)22(18)33)13-5-3-4-12(26)9-13/h3-10,20,31-32H,1-2H3/b21-18+. The van der Waals surface area contributed by atoms with Crippen LogP contribution in [0.4, 0.5) is 5.69 Å². The maximum atomic E-state index is 13.4. The van der Waals surface area contributed by atoms with Crippen LogP contribution in [0.2, 0.25) is 20.1 Å². The summed E-state index contributed by atoms with van der Waals surface area (Å²) in [5, 5.41) is 21.7. The molecule has 1 saturated heterocycles. The summed E-state index contributed by atoms with van der Waals surface area (Å²) in [6, 6.07) is 10.7. The number of amides is 1. The minimum Gasteiger partial charge on any atom is -0.507 e. The number of phenolic OH excluding ortho intramolecular Hbond substituents is 1. The number of halogens is 4. The number of anilines is 1. The summed E-state index contributed by atoms with van der Waals surface area (Å²) < 4.78 is 10.6. The van der Waals surface area contributed by atoms with Gasteiger partial charge in [0.25, 0.3) is 11.7 Å². The number of Topliss-reactive ketones (excluding diaryl/α,β-unsaturated/α-hetero) is 1. The molecule has 7 nitrogen and oxygen atoms in total. The number of benzene rings is 3. The minimum absolute atomic E-state index is 0.0164. The number of aromatic hydroxyl groups is 1. The average Bonchev–Trinajstić information content (AvgIpc) is 3.10. The molecule has 3 aromatic carbocycles. The Bertz CT molecular complexity index is 1440. The van der Waals surface area contributed by atoms with E-state index < -0.39 is 23.5 Å². The quantitative estimate of drug-likeness (QED) is 0.203. The second-order valence-electron chi connectivity index (χ2n) is 7.65. The van der Waals surface area contributed by atoms with E-state index in [0.29, 0.717) is 16.3 Å². The zero-order chi connectivity index (χ0) is 26.3. The molecule has 3 aromatic rings. The van der Waals surface area contributed by atoms with Crippen molar-refractivity contribution in [2.45, 2.75) is 6.04 Å². The number of ketones is 1. The van der Waals surface area contributed by atoms with Crippen LogP contribution in [0.1, 0.15) is 17.2 Å². The fourth-order valence-electron chi connectivity index (χ4n) is 4.03. The van der Waals surface area contributed by atoms with E-state index in [2.05, 4.69) is 0 Å². The molecule has 1 heterocycles. The number of hydrogen-bond donors (Lipinski definition) is 2. The summed E-state index contributed by atoms with van der Waals surface area (Å²) in [7, 11) is 2.67. The molecule has 0 aromatic heterocycles. The number of carbonyl (C=O) groups is 2. The van der Waals surface area contributed by atoms with Crippen molar-refractivity contribution < 1.29 is 29.3 Å². The molecule has 4 rings (SSSR count). The van der Waals surface area contributed by atoms with Crippen LogP contribution >= 0.6 is 46.4 Å². The van der Waals surface area contributed by atoms with E-state index in [1.54, 1.807) is 18.2 Å². The van der Waals surface area contributed by atoms with Crippen molar-refractivity contribution in [3.8, 4) is 17.2 Å². The van der Waals surface area contributed by atoms with Gasteiger partial charge in [0.15, 0.2) is 11.5 Å². The highest BCUT2D eigenvalue weighted by Gasteiger charge is 2.47. The second-order valence-corrected chi connectivity index (χ2v) is 9.28. The second kappa shape index (κ2) is 10.1. The van der Waals surface area contributed by atoms with Gasteiger partial charge >= 0.3 is 0 Å². The topological polar surface area (TPSA) is 96.3 Å². The molecule has 1 aliphatic heterocycles. The SMILES string of the molecule is COc1c(Cl)cc(/C(O)=C2\C(=O)C(=O)N(c3cccc(Cl)c3)C2c2ccc(O)c(Cl)c2)c(OC)c1Cl. The number of methoxy groups -OCH3 is 2. The number of aliphatic hydroxyl groups excluding tert-OH is 1. The van der Waals surface area contributed by atoms with Crippen LogP contribution in [0.15, 0.2) is 54.1 Å². The number of nitrogens with zero attached hydrogens (tertiary/aromatic N) is 1. The van der Waals surface area contributed by atoms with Gasteiger partial charge in [-0.2, -0.15) is 0 Å². The molecule has 11 heteroatoms. The first-order chi connectivity index (χ1) is 17.1. The molecule has 2 N–H and O–H groups in total. The molecule has 1 atom stereocenters. The highest BCUT2D eigenvalue weighted by molar-refractivity contribution is 6.52. The van der Waals surface area contributed by atoms with Crippen molar-refractivity contribution in [2.75, 3.05) is 19.1 Å². The van der Waals surface area contributed by atoms with Gasteiger partial charge in [0.1, 0.15) is 16.5 Å². The van der Waals surface area contributed by atoms with E-state index >= 15 is 0 Å². The molecule has 36 heavy (non-hydrogen) atoms. The first-order valence-corrected chi connectivity index (χ1v) is 11.8. The minimum atomic E-state index is -1.15. The maximum absolute atomic E-state index is 13.4. The van der Waals surface area contributed by atoms with Gasteiger partial charge in [-0.3, -0.25) is 14.5 Å². The molecule has 1 amide bonds. The predicted molar refractivity (Wildman–Crippen MR) is 139 cm³/mol. The van der Waals surface area contributed by atoms with Crippen molar-refractivity contribution in [1.29, 1.82) is 0 Å². The van der Waals surface area contributed by atoms with Crippen LogP contribution in [-0.2, 0) is 9.59 Å². The third kappa shape index (κ3) is 4.33. The monoisotopic (exact) mass is 567 g/mol. The van der Waals surface area contributed by atoms with Gasteiger partial charge in [-0.25, -0.2) is 0 Å². The van der Waals surface area contributed by atoms with E-state index in [1.165, 1.54) is 49.5 Å². The lowest BCUT2D eigenvalue weighted by atomic mass is 9.94. The molecule has 186 valence electrons. The zero-order valence-electron chi connectivity index (χ0n) is 18.7. The Kier molecular flexibility index (Phi) is 7.29. The lowest BCUT2D eigenvalue weighted by Crippen LogP contribution is -2.29.